The first-order chi connectivity index (χ1) is 17.3. The molecule has 36 heavy (non-hydrogen) atoms. The van der Waals surface area contributed by atoms with Crippen LogP contribution in [-0.2, 0) is 6.54 Å². The summed E-state index contributed by atoms with van der Waals surface area (Å²) < 4.78 is 19.5. The maximum absolute atomic E-state index is 13.8. The van der Waals surface area contributed by atoms with E-state index < -0.39 is 6.04 Å². The topological polar surface area (TPSA) is 71.3 Å². The van der Waals surface area contributed by atoms with Crippen molar-refractivity contribution in [2.45, 2.75) is 40.3 Å². The van der Waals surface area contributed by atoms with Gasteiger partial charge in [-0.25, -0.2) is 9.18 Å². The minimum absolute atomic E-state index is 0.204. The number of hydrogen-bond acceptors (Lipinski definition) is 4. The van der Waals surface area contributed by atoms with Gasteiger partial charge < -0.3 is 9.84 Å². The average molecular weight is 483 g/mol. The first kappa shape index (κ1) is 23.5. The van der Waals surface area contributed by atoms with E-state index in [4.69, 9.17) is 4.52 Å². The minimum Gasteiger partial charge on any atom is -0.334 e. The molecule has 1 atom stereocenters. The Kier molecular flexibility index (Phi) is 6.14. The fourth-order valence-corrected chi connectivity index (χ4v) is 4.40. The number of urea groups is 1. The third-order valence-corrected chi connectivity index (χ3v) is 6.66. The molecule has 0 saturated carbocycles. The van der Waals surface area contributed by atoms with E-state index in [9.17, 15) is 9.18 Å². The molecule has 4 aromatic rings. The van der Waals surface area contributed by atoms with E-state index in [1.807, 2.05) is 64.1 Å². The van der Waals surface area contributed by atoms with Crippen molar-refractivity contribution in [2.24, 2.45) is 0 Å². The van der Waals surface area contributed by atoms with Crippen LogP contribution in [0.5, 0.6) is 0 Å². The van der Waals surface area contributed by atoms with Gasteiger partial charge in [0.1, 0.15) is 5.82 Å². The second-order valence-electron chi connectivity index (χ2n) is 9.23. The molecule has 1 aromatic heterocycles. The Morgan fingerprint density at radius 2 is 1.75 bits per heavy atom. The van der Waals surface area contributed by atoms with Crippen LogP contribution in [0.4, 0.5) is 9.18 Å². The zero-order chi connectivity index (χ0) is 25.4. The van der Waals surface area contributed by atoms with E-state index in [-0.39, 0.29) is 23.6 Å². The van der Waals surface area contributed by atoms with Gasteiger partial charge in [0.2, 0.25) is 5.82 Å². The number of aromatic nitrogens is 2. The molecule has 0 fully saturated rings. The van der Waals surface area contributed by atoms with E-state index in [0.717, 1.165) is 33.5 Å². The van der Waals surface area contributed by atoms with Crippen molar-refractivity contribution >= 4 is 11.6 Å². The van der Waals surface area contributed by atoms with Crippen LogP contribution in [0.15, 0.2) is 77.0 Å². The van der Waals surface area contributed by atoms with Gasteiger partial charge in [-0.05, 0) is 62.1 Å². The van der Waals surface area contributed by atoms with Crippen molar-refractivity contribution in [2.75, 3.05) is 0 Å². The van der Waals surface area contributed by atoms with Gasteiger partial charge in [-0.15, -0.1) is 0 Å². The number of carbonyl (C=O) groups is 1. The summed E-state index contributed by atoms with van der Waals surface area (Å²) in [4.78, 5) is 19.6. The Hall–Kier alpha value is -4.26. The molecule has 3 aromatic carbocycles. The fraction of sp³-hybridized carbons (Fsp3) is 0.207. The Morgan fingerprint density at radius 1 is 0.972 bits per heavy atom. The molecule has 1 aliphatic heterocycles. The zero-order valence-electron chi connectivity index (χ0n) is 20.7. The number of rotatable bonds is 5. The van der Waals surface area contributed by atoms with Crippen molar-refractivity contribution in [1.82, 2.24) is 20.4 Å². The first-order valence-electron chi connectivity index (χ1n) is 11.8. The fourth-order valence-electron chi connectivity index (χ4n) is 4.40. The van der Waals surface area contributed by atoms with Crippen LogP contribution < -0.4 is 5.32 Å². The van der Waals surface area contributed by atoms with Crippen LogP contribution in [0.3, 0.4) is 0 Å². The minimum atomic E-state index is -0.480. The maximum atomic E-state index is 13.8. The van der Waals surface area contributed by atoms with Gasteiger partial charge >= 0.3 is 6.03 Å². The highest BCUT2D eigenvalue weighted by Gasteiger charge is 2.36. The number of benzene rings is 3. The van der Waals surface area contributed by atoms with Crippen molar-refractivity contribution < 1.29 is 13.7 Å². The quantitative estimate of drug-likeness (QED) is 0.353. The summed E-state index contributed by atoms with van der Waals surface area (Å²) in [5, 5.41) is 7.26. The van der Waals surface area contributed by atoms with Gasteiger partial charge in [0.15, 0.2) is 0 Å². The molecule has 0 spiro atoms. The average Bonchev–Trinajstić information content (AvgIpc) is 3.34. The SMILES string of the molecule is CC1=C(c2nc(-c3cccc(F)c3)no2)C(c2ccc(C)c(C)c2)NC(=O)N1Cc1ccc(C)cc1. The van der Waals surface area contributed by atoms with Gasteiger partial charge in [-0.1, -0.05) is 65.3 Å². The standard InChI is InChI=1S/C29H27FN4O2/c1-17-8-11-21(12-9-17)16-34-20(4)25(26(31-29(34)35)22-13-10-18(2)19(3)14-22)28-32-27(33-36-28)23-6-5-7-24(30)15-23/h5-15,26H,16H2,1-4H3,(H,31,35). The summed E-state index contributed by atoms with van der Waals surface area (Å²) in [5.41, 5.74) is 7.30. The van der Waals surface area contributed by atoms with E-state index in [2.05, 4.69) is 21.5 Å². The third kappa shape index (κ3) is 4.52. The van der Waals surface area contributed by atoms with Gasteiger partial charge in [-0.3, -0.25) is 4.90 Å². The molecule has 0 saturated heterocycles. The van der Waals surface area contributed by atoms with Crippen LogP contribution in [0.1, 0.15) is 46.7 Å². The molecule has 1 aliphatic rings. The molecule has 0 bridgehead atoms. The summed E-state index contributed by atoms with van der Waals surface area (Å²) in [7, 11) is 0. The lowest BCUT2D eigenvalue weighted by Gasteiger charge is -2.35. The number of amides is 2. The highest BCUT2D eigenvalue weighted by Crippen LogP contribution is 2.38. The molecule has 6 nitrogen and oxygen atoms in total. The lowest BCUT2D eigenvalue weighted by molar-refractivity contribution is 0.203. The van der Waals surface area contributed by atoms with E-state index in [1.165, 1.54) is 12.1 Å². The molecule has 0 radical (unpaired) electrons. The van der Waals surface area contributed by atoms with E-state index >= 15 is 0 Å². The predicted octanol–water partition coefficient (Wildman–Crippen LogP) is 6.50. The summed E-state index contributed by atoms with van der Waals surface area (Å²) in [6, 6.07) is 19.6. The molecule has 2 amide bonds. The number of halogens is 1. The number of carbonyl (C=O) groups excluding carboxylic acids is 1. The molecule has 1 unspecified atom stereocenters. The number of aryl methyl sites for hydroxylation is 3. The van der Waals surface area contributed by atoms with Crippen molar-refractivity contribution in [3.05, 3.63) is 112 Å². The van der Waals surface area contributed by atoms with Crippen molar-refractivity contribution in [1.29, 1.82) is 0 Å². The number of nitrogens with one attached hydrogen (secondary N) is 1. The molecule has 0 aliphatic carbocycles. The van der Waals surface area contributed by atoms with Crippen LogP contribution >= 0.6 is 0 Å². The largest absolute Gasteiger partial charge is 0.334 e. The van der Waals surface area contributed by atoms with Crippen molar-refractivity contribution in [3.63, 3.8) is 0 Å². The third-order valence-electron chi connectivity index (χ3n) is 6.66. The second kappa shape index (κ2) is 9.41. The smallest absolute Gasteiger partial charge is 0.322 e. The lowest BCUT2D eigenvalue weighted by Crippen LogP contribution is -2.45. The number of hydrogen-bond donors (Lipinski definition) is 1. The molecule has 7 heteroatoms. The first-order valence-corrected chi connectivity index (χ1v) is 11.8. The molecule has 1 N–H and O–H groups in total. The van der Waals surface area contributed by atoms with Gasteiger partial charge in [0.25, 0.3) is 5.89 Å². The Morgan fingerprint density at radius 3 is 2.47 bits per heavy atom. The predicted molar refractivity (Wildman–Crippen MR) is 136 cm³/mol. The summed E-state index contributed by atoms with van der Waals surface area (Å²) in [6.45, 7) is 8.40. The molecule has 2 heterocycles. The normalized spacial score (nSPS) is 15.9. The maximum Gasteiger partial charge on any atom is 0.322 e. The van der Waals surface area contributed by atoms with Crippen LogP contribution in [0, 0.1) is 26.6 Å². The number of nitrogens with zero attached hydrogens (tertiary/aromatic N) is 3. The van der Waals surface area contributed by atoms with Crippen molar-refractivity contribution in [3.8, 4) is 11.4 Å². The Labute approximate surface area is 209 Å². The monoisotopic (exact) mass is 482 g/mol. The van der Waals surface area contributed by atoms with E-state index in [0.29, 0.717) is 17.7 Å². The lowest BCUT2D eigenvalue weighted by atomic mass is 9.92. The van der Waals surface area contributed by atoms with E-state index in [1.54, 1.807) is 17.0 Å². The van der Waals surface area contributed by atoms with Gasteiger partial charge in [0, 0.05) is 11.3 Å². The second-order valence-corrected chi connectivity index (χ2v) is 9.23. The summed E-state index contributed by atoms with van der Waals surface area (Å²) in [5.74, 6) is 0.186. The highest BCUT2D eigenvalue weighted by molar-refractivity contribution is 5.87. The zero-order valence-corrected chi connectivity index (χ0v) is 20.7. The molecule has 5 rings (SSSR count). The Bertz CT molecular complexity index is 1470. The highest BCUT2D eigenvalue weighted by atomic mass is 19.1. The number of allylic oxidation sites excluding steroid dienone is 1. The molecular formula is C29H27FN4O2. The molecular weight excluding hydrogens is 455 g/mol. The summed E-state index contributed by atoms with van der Waals surface area (Å²) in [6.07, 6.45) is 0. The van der Waals surface area contributed by atoms with Crippen LogP contribution in [0.2, 0.25) is 0 Å². The van der Waals surface area contributed by atoms with Crippen LogP contribution in [-0.4, -0.2) is 21.1 Å². The summed E-state index contributed by atoms with van der Waals surface area (Å²) >= 11 is 0. The van der Waals surface area contributed by atoms with Gasteiger partial charge in [-0.2, -0.15) is 4.98 Å². The molecule has 182 valence electrons. The Balaban J connectivity index is 1.61. The van der Waals surface area contributed by atoms with Gasteiger partial charge in [0.05, 0.1) is 18.2 Å². The van der Waals surface area contributed by atoms with Crippen LogP contribution in [0.25, 0.3) is 17.0 Å².